The maximum atomic E-state index is 6.00. The van der Waals surface area contributed by atoms with Crippen LogP contribution in [-0.4, -0.2) is 35.1 Å². The van der Waals surface area contributed by atoms with E-state index in [-0.39, 0.29) is 0 Å². The van der Waals surface area contributed by atoms with Crippen LogP contribution >= 0.6 is 23.8 Å². The van der Waals surface area contributed by atoms with E-state index in [1.165, 1.54) is 25.8 Å². The van der Waals surface area contributed by atoms with Crippen molar-refractivity contribution in [2.75, 3.05) is 18.4 Å². The van der Waals surface area contributed by atoms with Crippen LogP contribution in [-0.2, 0) is 0 Å². The number of hydrogen-bond acceptors (Lipinski definition) is 3. The molecule has 2 fully saturated rings. The molecule has 1 atom stereocenters. The largest absolute Gasteiger partial charge is 0.389 e. The Bertz CT molecular complexity index is 501. The van der Waals surface area contributed by atoms with Crippen LogP contribution in [0, 0.1) is 0 Å². The van der Waals surface area contributed by atoms with Crippen molar-refractivity contribution in [2.24, 2.45) is 5.73 Å². The van der Waals surface area contributed by atoms with Gasteiger partial charge in [-0.2, -0.15) is 0 Å². The van der Waals surface area contributed by atoms with E-state index in [1.54, 1.807) is 0 Å². The molecule has 0 radical (unpaired) electrons. The Kier molecular flexibility index (Phi) is 3.65. The summed E-state index contributed by atoms with van der Waals surface area (Å²) in [6, 6.07) is 7.00. The highest BCUT2D eigenvalue weighted by Crippen LogP contribution is 2.31. The molecule has 0 bridgehead atoms. The molecule has 0 aromatic heterocycles. The molecular weight excluding hydrogens is 278 g/mol. The third-order valence-electron chi connectivity index (χ3n) is 3.89. The predicted molar refractivity (Wildman–Crippen MR) is 84.0 cm³/mol. The summed E-state index contributed by atoms with van der Waals surface area (Å²) in [5.74, 6) is 0. The summed E-state index contributed by atoms with van der Waals surface area (Å²) in [5.41, 5.74) is 7.61. The Morgan fingerprint density at radius 2 is 2.16 bits per heavy atom. The van der Waals surface area contributed by atoms with Crippen LogP contribution in [0.5, 0.6) is 0 Å². The zero-order chi connectivity index (χ0) is 13.4. The van der Waals surface area contributed by atoms with Gasteiger partial charge in [0.1, 0.15) is 4.99 Å². The van der Waals surface area contributed by atoms with Gasteiger partial charge in [0.25, 0.3) is 0 Å². The molecule has 1 saturated heterocycles. The third kappa shape index (κ3) is 3.02. The molecule has 1 heterocycles. The highest BCUT2D eigenvalue weighted by atomic mass is 35.5. The molecular formula is C14H18ClN3S. The summed E-state index contributed by atoms with van der Waals surface area (Å²) in [5, 5.41) is 4.23. The van der Waals surface area contributed by atoms with Crippen molar-refractivity contribution in [2.45, 2.75) is 31.3 Å². The summed E-state index contributed by atoms with van der Waals surface area (Å²) < 4.78 is 0. The Balaban J connectivity index is 1.71. The Morgan fingerprint density at radius 1 is 1.37 bits per heavy atom. The van der Waals surface area contributed by atoms with Gasteiger partial charge in [0, 0.05) is 41.4 Å². The molecule has 3 rings (SSSR count). The fraction of sp³-hybridized carbons (Fsp3) is 0.500. The molecule has 1 aliphatic carbocycles. The van der Waals surface area contributed by atoms with Crippen LogP contribution < -0.4 is 11.1 Å². The predicted octanol–water partition coefficient (Wildman–Crippen LogP) is 2.62. The molecule has 2 aliphatic rings. The Hall–Kier alpha value is -0.840. The molecule has 0 amide bonds. The number of likely N-dealkylation sites (tertiary alicyclic amines) is 1. The molecule has 3 nitrogen and oxygen atoms in total. The normalized spacial score (nSPS) is 23.5. The van der Waals surface area contributed by atoms with Gasteiger partial charge in [0.05, 0.1) is 0 Å². The molecule has 102 valence electrons. The molecule has 5 heteroatoms. The topological polar surface area (TPSA) is 41.3 Å². The molecule has 19 heavy (non-hydrogen) atoms. The van der Waals surface area contributed by atoms with Gasteiger partial charge < -0.3 is 11.1 Å². The lowest BCUT2D eigenvalue weighted by Crippen LogP contribution is -2.28. The fourth-order valence-corrected chi connectivity index (χ4v) is 3.08. The minimum Gasteiger partial charge on any atom is -0.389 e. The summed E-state index contributed by atoms with van der Waals surface area (Å²) in [4.78, 5) is 2.97. The molecule has 1 aromatic rings. The molecule has 0 spiro atoms. The van der Waals surface area contributed by atoms with Gasteiger partial charge in [-0.05, 0) is 37.5 Å². The zero-order valence-electron chi connectivity index (χ0n) is 10.7. The number of anilines is 1. The Labute approximate surface area is 124 Å². The van der Waals surface area contributed by atoms with Crippen LogP contribution in [0.15, 0.2) is 18.2 Å². The first-order valence-electron chi connectivity index (χ1n) is 6.73. The first-order chi connectivity index (χ1) is 9.13. The minimum absolute atomic E-state index is 0.391. The van der Waals surface area contributed by atoms with Crippen molar-refractivity contribution in [3.8, 4) is 0 Å². The highest BCUT2D eigenvalue weighted by Gasteiger charge is 2.34. The number of thiocarbonyl (C=S) groups is 1. The van der Waals surface area contributed by atoms with Crippen molar-refractivity contribution in [3.63, 3.8) is 0 Å². The molecule has 1 saturated carbocycles. The number of nitrogens with two attached hydrogens (primary N) is 1. The summed E-state index contributed by atoms with van der Waals surface area (Å²) in [7, 11) is 0. The van der Waals surface area contributed by atoms with Crippen molar-refractivity contribution in [1.29, 1.82) is 0 Å². The number of nitrogens with zero attached hydrogens (tertiary/aromatic N) is 1. The van der Waals surface area contributed by atoms with E-state index >= 15 is 0 Å². The van der Waals surface area contributed by atoms with E-state index in [0.29, 0.717) is 16.1 Å². The van der Waals surface area contributed by atoms with E-state index in [2.05, 4.69) is 10.2 Å². The molecule has 3 N–H and O–H groups in total. The van der Waals surface area contributed by atoms with E-state index in [1.807, 2.05) is 18.2 Å². The Morgan fingerprint density at radius 3 is 2.84 bits per heavy atom. The molecule has 1 aromatic carbocycles. The van der Waals surface area contributed by atoms with Crippen molar-refractivity contribution >= 4 is 34.5 Å². The van der Waals surface area contributed by atoms with E-state index in [4.69, 9.17) is 29.6 Å². The average molecular weight is 296 g/mol. The van der Waals surface area contributed by atoms with Crippen LogP contribution in [0.1, 0.15) is 24.8 Å². The van der Waals surface area contributed by atoms with Crippen LogP contribution in [0.4, 0.5) is 5.69 Å². The van der Waals surface area contributed by atoms with Gasteiger partial charge in [-0.15, -0.1) is 0 Å². The standard InChI is InChI=1S/C14H18ClN3S/c15-9-1-4-13(12(7-9)14(16)19)17-10-5-6-18(8-10)11-2-3-11/h1,4,7,10-11,17H,2-3,5-6,8H2,(H2,16,19). The number of benzene rings is 1. The first-order valence-corrected chi connectivity index (χ1v) is 7.52. The van der Waals surface area contributed by atoms with E-state index in [9.17, 15) is 0 Å². The highest BCUT2D eigenvalue weighted by molar-refractivity contribution is 7.80. The number of halogens is 1. The first kappa shape index (κ1) is 13.2. The van der Waals surface area contributed by atoms with Gasteiger partial charge in [-0.3, -0.25) is 4.90 Å². The van der Waals surface area contributed by atoms with Gasteiger partial charge in [0.15, 0.2) is 0 Å². The second kappa shape index (κ2) is 5.27. The lowest BCUT2D eigenvalue weighted by molar-refractivity contribution is 0.326. The van der Waals surface area contributed by atoms with Gasteiger partial charge in [-0.25, -0.2) is 0 Å². The maximum Gasteiger partial charge on any atom is 0.106 e. The summed E-state index contributed by atoms with van der Waals surface area (Å²) >= 11 is 11.1. The van der Waals surface area contributed by atoms with Crippen molar-refractivity contribution in [1.82, 2.24) is 4.90 Å². The van der Waals surface area contributed by atoms with Crippen molar-refractivity contribution < 1.29 is 0 Å². The van der Waals surface area contributed by atoms with Gasteiger partial charge >= 0.3 is 0 Å². The van der Waals surface area contributed by atoms with Crippen LogP contribution in [0.3, 0.4) is 0 Å². The van der Waals surface area contributed by atoms with Gasteiger partial charge in [0.2, 0.25) is 0 Å². The lowest BCUT2D eigenvalue weighted by Gasteiger charge is -2.18. The SMILES string of the molecule is NC(=S)c1cc(Cl)ccc1NC1CCN(C2CC2)C1. The van der Waals surface area contributed by atoms with Crippen LogP contribution in [0.25, 0.3) is 0 Å². The monoisotopic (exact) mass is 295 g/mol. The number of hydrogen-bond donors (Lipinski definition) is 2. The zero-order valence-corrected chi connectivity index (χ0v) is 12.3. The van der Waals surface area contributed by atoms with E-state index < -0.39 is 0 Å². The number of rotatable bonds is 4. The van der Waals surface area contributed by atoms with Gasteiger partial charge in [-0.1, -0.05) is 23.8 Å². The second-order valence-electron chi connectivity index (χ2n) is 5.41. The summed E-state index contributed by atoms with van der Waals surface area (Å²) in [6.07, 6.45) is 3.91. The minimum atomic E-state index is 0.391. The maximum absolute atomic E-state index is 6.00. The molecule has 1 aliphatic heterocycles. The summed E-state index contributed by atoms with van der Waals surface area (Å²) in [6.45, 7) is 2.31. The third-order valence-corrected chi connectivity index (χ3v) is 4.34. The average Bonchev–Trinajstić information content (AvgIpc) is 3.12. The number of nitrogens with one attached hydrogen (secondary N) is 1. The second-order valence-corrected chi connectivity index (χ2v) is 6.29. The van der Waals surface area contributed by atoms with Crippen LogP contribution in [0.2, 0.25) is 5.02 Å². The van der Waals surface area contributed by atoms with Crippen molar-refractivity contribution in [3.05, 3.63) is 28.8 Å². The molecule has 1 unspecified atom stereocenters. The quantitative estimate of drug-likeness (QED) is 0.838. The fourth-order valence-electron chi connectivity index (χ4n) is 2.74. The van der Waals surface area contributed by atoms with E-state index in [0.717, 1.165) is 23.8 Å². The smallest absolute Gasteiger partial charge is 0.106 e. The lowest BCUT2D eigenvalue weighted by atomic mass is 10.1.